The number of benzene rings is 1. The third-order valence-corrected chi connectivity index (χ3v) is 4.81. The molecule has 1 fully saturated rings. The quantitative estimate of drug-likeness (QED) is 0.771. The fourth-order valence-corrected chi connectivity index (χ4v) is 3.52. The Morgan fingerprint density at radius 3 is 2.59 bits per heavy atom. The monoisotopic (exact) mass is 302 g/mol. The van der Waals surface area contributed by atoms with E-state index >= 15 is 0 Å². The molecule has 0 bridgehead atoms. The van der Waals surface area contributed by atoms with Gasteiger partial charge in [-0.15, -0.1) is 0 Å². The van der Waals surface area contributed by atoms with Crippen molar-refractivity contribution in [2.75, 3.05) is 0 Å². The fourth-order valence-electron chi connectivity index (χ4n) is 3.52. The molecule has 3 nitrogen and oxygen atoms in total. The second-order valence-corrected chi connectivity index (χ2v) is 6.76. The molecule has 122 valence electrons. The van der Waals surface area contributed by atoms with Gasteiger partial charge in [-0.05, 0) is 36.8 Å². The van der Waals surface area contributed by atoms with Crippen LogP contribution in [-0.4, -0.2) is 11.9 Å². The van der Waals surface area contributed by atoms with E-state index in [0.717, 1.165) is 18.9 Å². The predicted octanol–water partition coefficient (Wildman–Crippen LogP) is 3.55. The Kier molecular flexibility index (Phi) is 6.91. The number of nitrogens with two attached hydrogens (primary N) is 1. The molecule has 1 unspecified atom stereocenters. The molecule has 3 N–H and O–H groups in total. The molecular weight excluding hydrogens is 272 g/mol. The molecule has 3 heteroatoms. The predicted molar refractivity (Wildman–Crippen MR) is 91.5 cm³/mol. The lowest BCUT2D eigenvalue weighted by Gasteiger charge is -2.25. The molecular formula is C19H30N2O. The Hall–Kier alpha value is -1.35. The molecule has 2 rings (SSSR count). The van der Waals surface area contributed by atoms with E-state index in [-0.39, 0.29) is 5.91 Å². The van der Waals surface area contributed by atoms with Gasteiger partial charge in [0.15, 0.2) is 0 Å². The van der Waals surface area contributed by atoms with Crippen LogP contribution in [0.15, 0.2) is 24.3 Å². The molecule has 1 aliphatic rings. The third kappa shape index (κ3) is 5.80. The average molecular weight is 302 g/mol. The fraction of sp³-hybridized carbons (Fsp3) is 0.632. The van der Waals surface area contributed by atoms with Crippen LogP contribution in [0.2, 0.25) is 0 Å². The van der Waals surface area contributed by atoms with Crippen LogP contribution < -0.4 is 11.1 Å². The average Bonchev–Trinajstić information content (AvgIpc) is 2.52. The smallest absolute Gasteiger partial charge is 0.217 e. The normalized spacial score (nSPS) is 17.3. The van der Waals surface area contributed by atoms with Crippen LogP contribution in [0.1, 0.15) is 63.0 Å². The van der Waals surface area contributed by atoms with E-state index in [0.29, 0.717) is 12.5 Å². The Morgan fingerprint density at radius 1 is 1.23 bits per heavy atom. The van der Waals surface area contributed by atoms with E-state index in [1.807, 2.05) is 6.07 Å². The highest BCUT2D eigenvalue weighted by molar-refractivity contribution is 5.74. The summed E-state index contributed by atoms with van der Waals surface area (Å²) in [5.74, 6) is 0.676. The van der Waals surface area contributed by atoms with Crippen LogP contribution in [0.3, 0.4) is 0 Å². The van der Waals surface area contributed by atoms with E-state index < -0.39 is 0 Å². The highest BCUT2D eigenvalue weighted by Crippen LogP contribution is 2.27. The molecule has 0 heterocycles. The first kappa shape index (κ1) is 17.0. The first-order valence-electron chi connectivity index (χ1n) is 8.73. The standard InChI is InChI=1S/C19H30N2O/c1-15(13-16-7-3-2-4-8-16)21-14-18-10-6-5-9-17(18)11-12-19(20)22/h5-6,9-10,15-16,21H,2-4,7-8,11-14H2,1H3,(H2,20,22). The van der Waals surface area contributed by atoms with E-state index in [9.17, 15) is 4.79 Å². The molecule has 0 radical (unpaired) electrons. The summed E-state index contributed by atoms with van der Waals surface area (Å²) in [5.41, 5.74) is 7.79. The maximum atomic E-state index is 11.0. The van der Waals surface area contributed by atoms with Crippen molar-refractivity contribution in [2.45, 2.75) is 70.9 Å². The van der Waals surface area contributed by atoms with Crippen molar-refractivity contribution in [3.05, 3.63) is 35.4 Å². The van der Waals surface area contributed by atoms with Crippen molar-refractivity contribution in [3.8, 4) is 0 Å². The van der Waals surface area contributed by atoms with Gasteiger partial charge in [0.25, 0.3) is 0 Å². The molecule has 1 aliphatic carbocycles. The summed E-state index contributed by atoms with van der Waals surface area (Å²) in [4.78, 5) is 11.0. The van der Waals surface area contributed by atoms with Crippen LogP contribution in [0, 0.1) is 5.92 Å². The van der Waals surface area contributed by atoms with E-state index in [4.69, 9.17) is 5.73 Å². The lowest BCUT2D eigenvalue weighted by molar-refractivity contribution is -0.117. The van der Waals surface area contributed by atoms with E-state index in [1.165, 1.54) is 49.7 Å². The van der Waals surface area contributed by atoms with Crippen molar-refractivity contribution in [2.24, 2.45) is 11.7 Å². The van der Waals surface area contributed by atoms with Crippen molar-refractivity contribution in [1.29, 1.82) is 0 Å². The van der Waals surface area contributed by atoms with Gasteiger partial charge in [-0.3, -0.25) is 4.79 Å². The van der Waals surface area contributed by atoms with Crippen LogP contribution in [0.25, 0.3) is 0 Å². The van der Waals surface area contributed by atoms with Gasteiger partial charge in [0.1, 0.15) is 0 Å². The second-order valence-electron chi connectivity index (χ2n) is 6.76. The minimum atomic E-state index is -0.228. The molecule has 22 heavy (non-hydrogen) atoms. The molecule has 0 aliphatic heterocycles. The topological polar surface area (TPSA) is 55.1 Å². The molecule has 1 aromatic carbocycles. The highest BCUT2D eigenvalue weighted by atomic mass is 16.1. The first-order valence-corrected chi connectivity index (χ1v) is 8.73. The number of carbonyl (C=O) groups excluding carboxylic acids is 1. The summed E-state index contributed by atoms with van der Waals surface area (Å²) in [7, 11) is 0. The van der Waals surface area contributed by atoms with Gasteiger partial charge < -0.3 is 11.1 Å². The van der Waals surface area contributed by atoms with Gasteiger partial charge >= 0.3 is 0 Å². The Bertz CT molecular complexity index is 466. The van der Waals surface area contributed by atoms with Crippen molar-refractivity contribution < 1.29 is 4.79 Å². The number of hydrogen-bond donors (Lipinski definition) is 2. The Balaban J connectivity index is 1.81. The van der Waals surface area contributed by atoms with Crippen LogP contribution in [0.4, 0.5) is 0 Å². The third-order valence-electron chi connectivity index (χ3n) is 4.81. The first-order chi connectivity index (χ1) is 10.6. The molecule has 0 spiro atoms. The van der Waals surface area contributed by atoms with Gasteiger partial charge in [0, 0.05) is 19.0 Å². The summed E-state index contributed by atoms with van der Waals surface area (Å²) in [5, 5.41) is 3.66. The zero-order chi connectivity index (χ0) is 15.8. The molecule has 0 saturated heterocycles. The molecule has 1 atom stereocenters. The van der Waals surface area contributed by atoms with Crippen LogP contribution in [-0.2, 0) is 17.8 Å². The van der Waals surface area contributed by atoms with Crippen molar-refractivity contribution >= 4 is 5.91 Å². The van der Waals surface area contributed by atoms with Crippen molar-refractivity contribution in [3.63, 3.8) is 0 Å². The zero-order valence-corrected chi connectivity index (χ0v) is 13.8. The van der Waals surface area contributed by atoms with Crippen molar-refractivity contribution in [1.82, 2.24) is 5.32 Å². The summed E-state index contributed by atoms with van der Waals surface area (Å²) < 4.78 is 0. The van der Waals surface area contributed by atoms with Gasteiger partial charge in [-0.2, -0.15) is 0 Å². The Labute approximate surface area is 134 Å². The summed E-state index contributed by atoms with van der Waals surface area (Å²) in [6.45, 7) is 3.17. The highest BCUT2D eigenvalue weighted by Gasteiger charge is 2.16. The minimum absolute atomic E-state index is 0.228. The van der Waals surface area contributed by atoms with Crippen LogP contribution >= 0.6 is 0 Å². The zero-order valence-electron chi connectivity index (χ0n) is 13.8. The number of nitrogens with one attached hydrogen (secondary N) is 1. The maximum Gasteiger partial charge on any atom is 0.217 e. The van der Waals surface area contributed by atoms with Gasteiger partial charge in [-0.1, -0.05) is 56.4 Å². The lowest BCUT2D eigenvalue weighted by Crippen LogP contribution is -2.29. The molecule has 1 amide bonds. The minimum Gasteiger partial charge on any atom is -0.370 e. The Morgan fingerprint density at radius 2 is 1.91 bits per heavy atom. The number of hydrogen-bond acceptors (Lipinski definition) is 2. The number of amides is 1. The SMILES string of the molecule is CC(CC1CCCCC1)NCc1ccccc1CCC(N)=O. The number of aryl methyl sites for hydroxylation is 1. The summed E-state index contributed by atoms with van der Waals surface area (Å²) in [6, 6.07) is 8.90. The van der Waals surface area contributed by atoms with E-state index in [2.05, 4.69) is 30.4 Å². The van der Waals surface area contributed by atoms with Gasteiger partial charge in [0.2, 0.25) is 5.91 Å². The number of rotatable bonds is 8. The maximum absolute atomic E-state index is 11.0. The number of carbonyl (C=O) groups is 1. The summed E-state index contributed by atoms with van der Waals surface area (Å²) in [6.07, 6.45) is 9.50. The molecule has 0 aromatic heterocycles. The van der Waals surface area contributed by atoms with Gasteiger partial charge in [-0.25, -0.2) is 0 Å². The molecule has 1 aromatic rings. The number of primary amides is 1. The van der Waals surface area contributed by atoms with Crippen LogP contribution in [0.5, 0.6) is 0 Å². The summed E-state index contributed by atoms with van der Waals surface area (Å²) >= 11 is 0. The van der Waals surface area contributed by atoms with Gasteiger partial charge in [0.05, 0.1) is 0 Å². The largest absolute Gasteiger partial charge is 0.370 e. The lowest BCUT2D eigenvalue weighted by atomic mass is 9.85. The second kappa shape index (κ2) is 8.94. The van der Waals surface area contributed by atoms with E-state index in [1.54, 1.807) is 0 Å². The molecule has 1 saturated carbocycles.